The van der Waals surface area contributed by atoms with E-state index in [0.29, 0.717) is 5.56 Å². The van der Waals surface area contributed by atoms with Gasteiger partial charge < -0.3 is 5.73 Å². The average molecular weight is 167 g/mol. The zero-order valence-corrected chi connectivity index (χ0v) is 7.26. The van der Waals surface area contributed by atoms with Gasteiger partial charge in [-0.25, -0.2) is 4.39 Å². The standard InChI is InChI=1S/C10H14FN/c1-2-8-3-5-9(6-4-8)10(11)7-12/h3-6,10H,2,7,12H2,1H3/t10-/m0/s1. The molecular formula is C10H14FN. The molecule has 0 aliphatic rings. The quantitative estimate of drug-likeness (QED) is 0.734. The zero-order chi connectivity index (χ0) is 8.97. The summed E-state index contributed by atoms with van der Waals surface area (Å²) in [4.78, 5) is 0. The Morgan fingerprint density at radius 2 is 1.92 bits per heavy atom. The summed E-state index contributed by atoms with van der Waals surface area (Å²) in [6.07, 6.45) is -0.0317. The van der Waals surface area contributed by atoms with Crippen LogP contribution in [0.15, 0.2) is 24.3 Å². The molecule has 2 N–H and O–H groups in total. The molecule has 1 nitrogen and oxygen atoms in total. The molecule has 0 spiro atoms. The minimum atomic E-state index is -1.02. The van der Waals surface area contributed by atoms with E-state index in [1.54, 1.807) is 12.1 Å². The molecule has 0 aliphatic heterocycles. The van der Waals surface area contributed by atoms with Crippen molar-refractivity contribution >= 4 is 0 Å². The van der Waals surface area contributed by atoms with E-state index < -0.39 is 6.17 Å². The zero-order valence-electron chi connectivity index (χ0n) is 7.26. The lowest BCUT2D eigenvalue weighted by Gasteiger charge is -2.05. The van der Waals surface area contributed by atoms with Crippen LogP contribution in [0.3, 0.4) is 0 Å². The number of aryl methyl sites for hydroxylation is 1. The van der Waals surface area contributed by atoms with Gasteiger partial charge in [-0.3, -0.25) is 0 Å². The van der Waals surface area contributed by atoms with Crippen LogP contribution in [0, 0.1) is 0 Å². The maximum atomic E-state index is 13.0. The minimum absolute atomic E-state index is 0.0610. The van der Waals surface area contributed by atoms with Gasteiger partial charge in [0.1, 0.15) is 6.17 Å². The maximum absolute atomic E-state index is 13.0. The van der Waals surface area contributed by atoms with Crippen molar-refractivity contribution in [3.05, 3.63) is 35.4 Å². The lowest BCUT2D eigenvalue weighted by atomic mass is 10.1. The highest BCUT2D eigenvalue weighted by molar-refractivity contribution is 5.24. The Morgan fingerprint density at radius 1 is 1.33 bits per heavy atom. The van der Waals surface area contributed by atoms with E-state index >= 15 is 0 Å². The largest absolute Gasteiger partial charge is 0.327 e. The molecule has 0 saturated carbocycles. The molecular weight excluding hydrogens is 153 g/mol. The van der Waals surface area contributed by atoms with E-state index in [2.05, 4.69) is 6.92 Å². The Kier molecular flexibility index (Phi) is 3.23. The van der Waals surface area contributed by atoms with Gasteiger partial charge in [-0.2, -0.15) is 0 Å². The normalized spacial score (nSPS) is 12.9. The summed E-state index contributed by atoms with van der Waals surface area (Å²) in [5.74, 6) is 0. The van der Waals surface area contributed by atoms with Crippen LogP contribution < -0.4 is 5.73 Å². The predicted octanol–water partition coefficient (Wildman–Crippen LogP) is 2.22. The van der Waals surface area contributed by atoms with Crippen molar-refractivity contribution in [2.45, 2.75) is 19.5 Å². The van der Waals surface area contributed by atoms with Crippen LogP contribution in [0.5, 0.6) is 0 Å². The van der Waals surface area contributed by atoms with Gasteiger partial charge >= 0.3 is 0 Å². The number of alkyl halides is 1. The average Bonchev–Trinajstić information content (AvgIpc) is 2.17. The Hall–Kier alpha value is -0.890. The summed E-state index contributed by atoms with van der Waals surface area (Å²) >= 11 is 0. The summed E-state index contributed by atoms with van der Waals surface area (Å²) in [6.45, 7) is 2.14. The number of rotatable bonds is 3. The summed E-state index contributed by atoms with van der Waals surface area (Å²) in [5.41, 5.74) is 7.10. The van der Waals surface area contributed by atoms with E-state index in [0.717, 1.165) is 6.42 Å². The fourth-order valence-corrected chi connectivity index (χ4v) is 1.10. The van der Waals surface area contributed by atoms with E-state index in [-0.39, 0.29) is 6.54 Å². The smallest absolute Gasteiger partial charge is 0.137 e. The van der Waals surface area contributed by atoms with Crippen LogP contribution in [0.4, 0.5) is 4.39 Å². The highest BCUT2D eigenvalue weighted by atomic mass is 19.1. The first-order valence-corrected chi connectivity index (χ1v) is 4.21. The third-order valence-corrected chi connectivity index (χ3v) is 1.96. The Balaban J connectivity index is 2.77. The first-order valence-electron chi connectivity index (χ1n) is 4.21. The number of hydrogen-bond donors (Lipinski definition) is 1. The first-order chi connectivity index (χ1) is 5.77. The number of nitrogens with two attached hydrogens (primary N) is 1. The SMILES string of the molecule is CCc1ccc([C@@H](F)CN)cc1. The van der Waals surface area contributed by atoms with Crippen molar-refractivity contribution in [3.63, 3.8) is 0 Å². The molecule has 0 aromatic heterocycles. The second kappa shape index (κ2) is 4.21. The minimum Gasteiger partial charge on any atom is -0.327 e. The lowest BCUT2D eigenvalue weighted by molar-refractivity contribution is 0.353. The second-order valence-electron chi connectivity index (χ2n) is 2.80. The topological polar surface area (TPSA) is 26.0 Å². The van der Waals surface area contributed by atoms with Gasteiger partial charge in [0, 0.05) is 6.54 Å². The molecule has 2 heteroatoms. The molecule has 1 rings (SSSR count). The van der Waals surface area contributed by atoms with Gasteiger partial charge in [-0.1, -0.05) is 31.2 Å². The van der Waals surface area contributed by atoms with Gasteiger partial charge in [0.25, 0.3) is 0 Å². The number of benzene rings is 1. The van der Waals surface area contributed by atoms with E-state index in [1.165, 1.54) is 5.56 Å². The molecule has 1 aromatic rings. The molecule has 0 saturated heterocycles. The molecule has 0 radical (unpaired) electrons. The van der Waals surface area contributed by atoms with Crippen molar-refractivity contribution in [1.82, 2.24) is 0 Å². The Labute approximate surface area is 72.4 Å². The summed E-state index contributed by atoms with van der Waals surface area (Å²) < 4.78 is 13.0. The van der Waals surface area contributed by atoms with E-state index in [1.807, 2.05) is 12.1 Å². The molecule has 0 fully saturated rings. The highest BCUT2D eigenvalue weighted by Crippen LogP contribution is 2.16. The third kappa shape index (κ3) is 2.05. The summed E-state index contributed by atoms with van der Waals surface area (Å²) in [5, 5.41) is 0. The van der Waals surface area contributed by atoms with Gasteiger partial charge in [0.05, 0.1) is 0 Å². The summed E-state index contributed by atoms with van der Waals surface area (Å²) in [6, 6.07) is 7.49. The monoisotopic (exact) mass is 167 g/mol. The molecule has 1 aromatic carbocycles. The van der Waals surface area contributed by atoms with Crippen molar-refractivity contribution < 1.29 is 4.39 Å². The molecule has 0 amide bonds. The molecule has 0 heterocycles. The molecule has 1 atom stereocenters. The van der Waals surface area contributed by atoms with E-state index in [9.17, 15) is 4.39 Å². The second-order valence-corrected chi connectivity index (χ2v) is 2.80. The van der Waals surface area contributed by atoms with Gasteiger partial charge in [0.15, 0.2) is 0 Å². The van der Waals surface area contributed by atoms with Gasteiger partial charge in [0.2, 0.25) is 0 Å². The lowest BCUT2D eigenvalue weighted by Crippen LogP contribution is -2.07. The van der Waals surface area contributed by atoms with Crippen LogP contribution in [-0.2, 0) is 6.42 Å². The van der Waals surface area contributed by atoms with Crippen molar-refractivity contribution in [2.75, 3.05) is 6.54 Å². The fourth-order valence-electron chi connectivity index (χ4n) is 1.10. The third-order valence-electron chi connectivity index (χ3n) is 1.96. The van der Waals surface area contributed by atoms with Gasteiger partial charge in [-0.05, 0) is 17.5 Å². The van der Waals surface area contributed by atoms with Crippen LogP contribution in [0.1, 0.15) is 24.2 Å². The fraction of sp³-hybridized carbons (Fsp3) is 0.400. The highest BCUT2D eigenvalue weighted by Gasteiger charge is 2.05. The predicted molar refractivity (Wildman–Crippen MR) is 48.7 cm³/mol. The van der Waals surface area contributed by atoms with Crippen LogP contribution >= 0.6 is 0 Å². The molecule has 66 valence electrons. The molecule has 0 bridgehead atoms. The maximum Gasteiger partial charge on any atom is 0.137 e. The Morgan fingerprint density at radius 3 is 2.33 bits per heavy atom. The van der Waals surface area contributed by atoms with Crippen LogP contribution in [0.25, 0.3) is 0 Å². The van der Waals surface area contributed by atoms with Gasteiger partial charge in [-0.15, -0.1) is 0 Å². The first kappa shape index (κ1) is 9.20. The van der Waals surface area contributed by atoms with Crippen LogP contribution in [0.2, 0.25) is 0 Å². The molecule has 12 heavy (non-hydrogen) atoms. The Bertz CT molecular complexity index is 230. The molecule has 0 aliphatic carbocycles. The number of hydrogen-bond acceptors (Lipinski definition) is 1. The summed E-state index contributed by atoms with van der Waals surface area (Å²) in [7, 11) is 0. The van der Waals surface area contributed by atoms with E-state index in [4.69, 9.17) is 5.73 Å². The number of halogens is 1. The van der Waals surface area contributed by atoms with Crippen LogP contribution in [-0.4, -0.2) is 6.54 Å². The van der Waals surface area contributed by atoms with Crippen molar-refractivity contribution in [2.24, 2.45) is 5.73 Å². The van der Waals surface area contributed by atoms with Crippen molar-refractivity contribution in [1.29, 1.82) is 0 Å². The van der Waals surface area contributed by atoms with Crippen molar-refractivity contribution in [3.8, 4) is 0 Å². The molecule has 0 unspecified atom stereocenters.